The lowest BCUT2D eigenvalue weighted by molar-refractivity contribution is -0.274. The summed E-state index contributed by atoms with van der Waals surface area (Å²) in [4.78, 5) is 11.6. The summed E-state index contributed by atoms with van der Waals surface area (Å²) in [6.07, 6.45) is -2.85. The van der Waals surface area contributed by atoms with E-state index in [1.807, 2.05) is 22.9 Å². The smallest absolute Gasteiger partial charge is 0.465 e. The second-order valence-electron chi connectivity index (χ2n) is 5.40. The van der Waals surface area contributed by atoms with Crippen LogP contribution in [0.25, 0.3) is 10.9 Å². The van der Waals surface area contributed by atoms with Crippen molar-refractivity contribution >= 4 is 16.9 Å². The van der Waals surface area contributed by atoms with Gasteiger partial charge < -0.3 is 14.0 Å². The Kier molecular flexibility index (Phi) is 4.39. The molecule has 0 amide bonds. The Hall–Kier alpha value is -2.96. The molecule has 0 aliphatic carbocycles. The number of esters is 1. The molecule has 0 aliphatic heterocycles. The highest BCUT2D eigenvalue weighted by atomic mass is 19.4. The first-order valence-corrected chi connectivity index (χ1v) is 7.37. The molecule has 0 radical (unpaired) electrons. The zero-order valence-corrected chi connectivity index (χ0v) is 13.2. The van der Waals surface area contributed by atoms with Crippen LogP contribution < -0.4 is 4.74 Å². The number of carbonyl (C=O) groups excluding carboxylic acids is 1. The first-order chi connectivity index (χ1) is 11.9. The SMILES string of the molecule is COC(=O)c1ccc2c(ccn2Cc2ccc(OC(F)(F)F)cc2)c1. The van der Waals surface area contributed by atoms with Crippen molar-refractivity contribution in [3.05, 3.63) is 65.9 Å². The van der Waals surface area contributed by atoms with Crippen LogP contribution in [0.1, 0.15) is 15.9 Å². The fourth-order valence-electron chi connectivity index (χ4n) is 2.58. The van der Waals surface area contributed by atoms with Gasteiger partial charge in [0.2, 0.25) is 0 Å². The summed E-state index contributed by atoms with van der Waals surface area (Å²) < 4.78 is 47.0. The Bertz CT molecular complexity index is 898. The maximum atomic E-state index is 12.2. The van der Waals surface area contributed by atoms with E-state index in [1.165, 1.54) is 19.2 Å². The van der Waals surface area contributed by atoms with Crippen LogP contribution in [-0.4, -0.2) is 24.0 Å². The second-order valence-corrected chi connectivity index (χ2v) is 5.40. The zero-order chi connectivity index (χ0) is 18.0. The second kappa shape index (κ2) is 6.51. The van der Waals surface area contributed by atoms with E-state index in [9.17, 15) is 18.0 Å². The molecule has 4 nitrogen and oxygen atoms in total. The summed E-state index contributed by atoms with van der Waals surface area (Å²) in [5.74, 6) is -0.661. The van der Waals surface area contributed by atoms with Gasteiger partial charge in [-0.05, 0) is 42.0 Å². The normalized spacial score (nSPS) is 11.5. The molecule has 25 heavy (non-hydrogen) atoms. The van der Waals surface area contributed by atoms with E-state index in [1.54, 1.807) is 24.3 Å². The minimum absolute atomic E-state index is 0.253. The summed E-state index contributed by atoms with van der Waals surface area (Å²) in [6, 6.07) is 12.8. The highest BCUT2D eigenvalue weighted by molar-refractivity contribution is 5.94. The molecule has 3 aromatic rings. The third-order valence-corrected chi connectivity index (χ3v) is 3.70. The van der Waals surface area contributed by atoms with Gasteiger partial charge in [0.25, 0.3) is 0 Å². The largest absolute Gasteiger partial charge is 0.573 e. The van der Waals surface area contributed by atoms with Crippen LogP contribution in [0, 0.1) is 0 Å². The van der Waals surface area contributed by atoms with E-state index < -0.39 is 12.3 Å². The molecule has 0 atom stereocenters. The number of aromatic nitrogens is 1. The van der Waals surface area contributed by atoms with Gasteiger partial charge in [-0.25, -0.2) is 4.79 Å². The fraction of sp³-hybridized carbons (Fsp3) is 0.167. The Morgan fingerprint density at radius 2 is 1.80 bits per heavy atom. The molecule has 7 heteroatoms. The number of hydrogen-bond acceptors (Lipinski definition) is 3. The van der Waals surface area contributed by atoms with Crippen LogP contribution >= 0.6 is 0 Å². The Balaban J connectivity index is 1.80. The molecule has 3 rings (SSSR count). The van der Waals surface area contributed by atoms with Crippen molar-refractivity contribution in [1.82, 2.24) is 4.57 Å². The molecule has 0 spiro atoms. The van der Waals surface area contributed by atoms with E-state index in [2.05, 4.69) is 4.74 Å². The first kappa shape index (κ1) is 16.9. The molecule has 0 bridgehead atoms. The Morgan fingerprint density at radius 3 is 2.44 bits per heavy atom. The minimum atomic E-state index is -4.70. The van der Waals surface area contributed by atoms with E-state index in [4.69, 9.17) is 4.74 Å². The Labute approximate surface area is 141 Å². The number of ether oxygens (including phenoxy) is 2. The van der Waals surface area contributed by atoms with Crippen molar-refractivity contribution in [2.24, 2.45) is 0 Å². The zero-order valence-electron chi connectivity index (χ0n) is 13.2. The highest BCUT2D eigenvalue weighted by Crippen LogP contribution is 2.24. The summed E-state index contributed by atoms with van der Waals surface area (Å²) in [5, 5.41) is 0.875. The molecule has 1 heterocycles. The number of alkyl halides is 3. The van der Waals surface area contributed by atoms with Gasteiger partial charge in [-0.15, -0.1) is 13.2 Å². The van der Waals surface area contributed by atoms with Gasteiger partial charge in [-0.1, -0.05) is 12.1 Å². The quantitative estimate of drug-likeness (QED) is 0.657. The lowest BCUT2D eigenvalue weighted by Gasteiger charge is -2.10. The predicted molar refractivity (Wildman–Crippen MR) is 85.5 cm³/mol. The van der Waals surface area contributed by atoms with E-state index in [0.29, 0.717) is 12.1 Å². The number of rotatable bonds is 4. The number of fused-ring (bicyclic) bond motifs is 1. The number of halogens is 3. The van der Waals surface area contributed by atoms with E-state index in [-0.39, 0.29) is 5.75 Å². The summed E-state index contributed by atoms with van der Waals surface area (Å²) >= 11 is 0. The van der Waals surface area contributed by atoms with Gasteiger partial charge in [-0.2, -0.15) is 0 Å². The summed E-state index contributed by atoms with van der Waals surface area (Å²) in [6.45, 7) is 0.480. The van der Waals surface area contributed by atoms with Crippen molar-refractivity contribution in [2.45, 2.75) is 12.9 Å². The average Bonchev–Trinajstić information content (AvgIpc) is 2.97. The van der Waals surface area contributed by atoms with Crippen LogP contribution in [0.3, 0.4) is 0 Å². The summed E-state index contributed by atoms with van der Waals surface area (Å²) in [5.41, 5.74) is 2.19. The third kappa shape index (κ3) is 3.93. The lowest BCUT2D eigenvalue weighted by Crippen LogP contribution is -2.17. The Morgan fingerprint density at radius 1 is 1.08 bits per heavy atom. The van der Waals surface area contributed by atoms with Crippen LogP contribution in [0.2, 0.25) is 0 Å². The molecular weight excluding hydrogens is 335 g/mol. The van der Waals surface area contributed by atoms with Crippen LogP contribution in [-0.2, 0) is 11.3 Å². The van der Waals surface area contributed by atoms with Gasteiger partial charge in [0, 0.05) is 23.6 Å². The van der Waals surface area contributed by atoms with Crippen LogP contribution in [0.5, 0.6) is 5.75 Å². The molecule has 0 unspecified atom stereocenters. The molecular formula is C18H14F3NO3. The van der Waals surface area contributed by atoms with Crippen molar-refractivity contribution in [3.63, 3.8) is 0 Å². The lowest BCUT2D eigenvalue weighted by atomic mass is 10.1. The van der Waals surface area contributed by atoms with Gasteiger partial charge in [0.15, 0.2) is 0 Å². The summed E-state index contributed by atoms with van der Waals surface area (Å²) in [7, 11) is 1.32. The first-order valence-electron chi connectivity index (χ1n) is 7.37. The number of carbonyl (C=O) groups is 1. The van der Waals surface area contributed by atoms with Crippen molar-refractivity contribution in [1.29, 1.82) is 0 Å². The van der Waals surface area contributed by atoms with Gasteiger partial charge in [0.05, 0.1) is 12.7 Å². The maximum Gasteiger partial charge on any atom is 0.573 e. The molecule has 0 fully saturated rings. The van der Waals surface area contributed by atoms with E-state index >= 15 is 0 Å². The molecule has 2 aromatic carbocycles. The molecule has 0 aliphatic rings. The molecule has 130 valence electrons. The number of methoxy groups -OCH3 is 1. The molecule has 0 saturated carbocycles. The van der Waals surface area contributed by atoms with Crippen LogP contribution in [0.4, 0.5) is 13.2 Å². The maximum absolute atomic E-state index is 12.2. The minimum Gasteiger partial charge on any atom is -0.465 e. The molecule has 1 aromatic heterocycles. The van der Waals surface area contributed by atoms with Crippen molar-refractivity contribution in [2.75, 3.05) is 7.11 Å². The standard InChI is InChI=1S/C18H14F3NO3/c1-24-17(23)14-4-7-16-13(10-14)8-9-22(16)11-12-2-5-15(6-3-12)25-18(19,20)21/h2-10H,11H2,1H3. The number of nitrogens with zero attached hydrogens (tertiary/aromatic N) is 1. The van der Waals surface area contributed by atoms with Crippen molar-refractivity contribution in [3.8, 4) is 5.75 Å². The molecule has 0 saturated heterocycles. The monoisotopic (exact) mass is 349 g/mol. The fourth-order valence-corrected chi connectivity index (χ4v) is 2.58. The third-order valence-electron chi connectivity index (χ3n) is 3.70. The van der Waals surface area contributed by atoms with E-state index in [0.717, 1.165) is 16.5 Å². The van der Waals surface area contributed by atoms with Crippen LogP contribution in [0.15, 0.2) is 54.7 Å². The average molecular weight is 349 g/mol. The van der Waals surface area contributed by atoms with Gasteiger partial charge in [0.1, 0.15) is 5.75 Å². The predicted octanol–water partition coefficient (Wildman–Crippen LogP) is 4.37. The van der Waals surface area contributed by atoms with Gasteiger partial charge in [-0.3, -0.25) is 0 Å². The number of benzene rings is 2. The van der Waals surface area contributed by atoms with Gasteiger partial charge >= 0.3 is 12.3 Å². The number of hydrogen-bond donors (Lipinski definition) is 0. The topological polar surface area (TPSA) is 40.5 Å². The highest BCUT2D eigenvalue weighted by Gasteiger charge is 2.30. The molecule has 0 N–H and O–H groups in total. The van der Waals surface area contributed by atoms with Crippen molar-refractivity contribution < 1.29 is 27.4 Å².